The Balaban J connectivity index is 1.88. The molecule has 0 aromatic heterocycles. The molecule has 4 heteroatoms. The van der Waals surface area contributed by atoms with E-state index < -0.39 is 0 Å². The zero-order valence-corrected chi connectivity index (χ0v) is 13.2. The molecule has 0 N–H and O–H groups in total. The van der Waals surface area contributed by atoms with Crippen molar-refractivity contribution in [3.05, 3.63) is 35.9 Å². The number of nitrogens with zero attached hydrogens (tertiary/aromatic N) is 3. The monoisotopic (exact) mass is 287 g/mol. The summed E-state index contributed by atoms with van der Waals surface area (Å²) >= 11 is 0. The molecule has 0 radical (unpaired) electrons. The molecule has 1 aliphatic rings. The van der Waals surface area contributed by atoms with Crippen molar-refractivity contribution >= 4 is 11.6 Å². The Kier molecular flexibility index (Phi) is 5.51. The lowest BCUT2D eigenvalue weighted by molar-refractivity contribution is -0.131. The number of rotatable bonds is 6. The first-order chi connectivity index (χ1) is 10.1. The molecule has 21 heavy (non-hydrogen) atoms. The van der Waals surface area contributed by atoms with Gasteiger partial charge in [-0.05, 0) is 31.5 Å². The summed E-state index contributed by atoms with van der Waals surface area (Å²) in [7, 11) is 2.00. The van der Waals surface area contributed by atoms with Crippen LogP contribution in [-0.4, -0.2) is 48.2 Å². The quantitative estimate of drug-likeness (QED) is 0.806. The lowest BCUT2D eigenvalue weighted by atomic mass is 10.1. The smallest absolute Gasteiger partial charge is 0.256 e. The van der Waals surface area contributed by atoms with Crippen molar-refractivity contribution < 1.29 is 4.79 Å². The number of hydrogen-bond donors (Lipinski definition) is 0. The van der Waals surface area contributed by atoms with Gasteiger partial charge < -0.3 is 0 Å². The zero-order valence-electron chi connectivity index (χ0n) is 13.2. The van der Waals surface area contributed by atoms with Crippen molar-refractivity contribution in [2.75, 3.05) is 26.7 Å². The van der Waals surface area contributed by atoms with Gasteiger partial charge in [-0.2, -0.15) is 5.10 Å². The highest BCUT2D eigenvalue weighted by Gasteiger charge is 2.22. The van der Waals surface area contributed by atoms with E-state index in [0.29, 0.717) is 19.0 Å². The van der Waals surface area contributed by atoms with Gasteiger partial charge in [-0.15, -0.1) is 0 Å². The topological polar surface area (TPSA) is 35.9 Å². The van der Waals surface area contributed by atoms with Crippen LogP contribution in [-0.2, 0) is 4.79 Å². The Morgan fingerprint density at radius 2 is 2.05 bits per heavy atom. The van der Waals surface area contributed by atoms with E-state index in [1.54, 1.807) is 5.01 Å². The van der Waals surface area contributed by atoms with E-state index in [1.807, 2.05) is 37.4 Å². The van der Waals surface area contributed by atoms with E-state index in [2.05, 4.69) is 23.8 Å². The van der Waals surface area contributed by atoms with E-state index in [0.717, 1.165) is 30.7 Å². The Morgan fingerprint density at radius 1 is 1.33 bits per heavy atom. The van der Waals surface area contributed by atoms with Gasteiger partial charge in [0.1, 0.15) is 0 Å². The number of likely N-dealkylation sites (N-methyl/N-ethyl adjacent to an activating group) is 1. The van der Waals surface area contributed by atoms with Crippen molar-refractivity contribution in [3.8, 4) is 0 Å². The molecule has 0 saturated carbocycles. The molecule has 4 nitrogen and oxygen atoms in total. The molecule has 0 saturated heterocycles. The van der Waals surface area contributed by atoms with Crippen LogP contribution in [0.15, 0.2) is 35.4 Å². The molecule has 0 spiro atoms. The first-order valence-corrected chi connectivity index (χ1v) is 7.68. The third kappa shape index (κ3) is 4.67. The van der Waals surface area contributed by atoms with Crippen LogP contribution in [0.25, 0.3) is 0 Å². The minimum atomic E-state index is 0.0900. The SMILES string of the molecule is CC(C)CCN(C)CC(=O)N1CCC(c2ccccc2)=N1. The fourth-order valence-electron chi connectivity index (χ4n) is 2.34. The maximum absolute atomic E-state index is 12.3. The summed E-state index contributed by atoms with van der Waals surface area (Å²) in [5.41, 5.74) is 2.12. The second-order valence-corrected chi connectivity index (χ2v) is 6.10. The number of hydrazone groups is 1. The summed E-state index contributed by atoms with van der Waals surface area (Å²) in [6.07, 6.45) is 1.95. The van der Waals surface area contributed by atoms with E-state index in [9.17, 15) is 4.79 Å². The van der Waals surface area contributed by atoms with Gasteiger partial charge in [0.05, 0.1) is 18.8 Å². The van der Waals surface area contributed by atoms with Crippen LogP contribution in [0, 0.1) is 5.92 Å². The molecule has 1 aromatic carbocycles. The number of carbonyl (C=O) groups excluding carboxylic acids is 1. The van der Waals surface area contributed by atoms with Crippen molar-refractivity contribution in [1.29, 1.82) is 0 Å². The van der Waals surface area contributed by atoms with Crippen molar-refractivity contribution in [2.45, 2.75) is 26.7 Å². The van der Waals surface area contributed by atoms with E-state index in [-0.39, 0.29) is 5.91 Å². The van der Waals surface area contributed by atoms with Gasteiger partial charge >= 0.3 is 0 Å². The van der Waals surface area contributed by atoms with E-state index >= 15 is 0 Å². The molecule has 1 amide bonds. The maximum atomic E-state index is 12.3. The Morgan fingerprint density at radius 3 is 2.71 bits per heavy atom. The largest absolute Gasteiger partial charge is 0.298 e. The molecular weight excluding hydrogens is 262 g/mol. The summed E-state index contributed by atoms with van der Waals surface area (Å²) in [6, 6.07) is 10.1. The summed E-state index contributed by atoms with van der Waals surface area (Å²) in [5, 5.41) is 6.10. The van der Waals surface area contributed by atoms with Gasteiger partial charge in [-0.25, -0.2) is 5.01 Å². The molecule has 0 atom stereocenters. The van der Waals surface area contributed by atoms with Gasteiger partial charge in [-0.1, -0.05) is 44.2 Å². The van der Waals surface area contributed by atoms with Gasteiger partial charge in [-0.3, -0.25) is 9.69 Å². The summed E-state index contributed by atoms with van der Waals surface area (Å²) in [5.74, 6) is 0.754. The summed E-state index contributed by atoms with van der Waals surface area (Å²) in [4.78, 5) is 14.3. The second-order valence-electron chi connectivity index (χ2n) is 6.10. The van der Waals surface area contributed by atoms with Crippen molar-refractivity contribution in [2.24, 2.45) is 11.0 Å². The minimum Gasteiger partial charge on any atom is -0.298 e. The number of amides is 1. The standard InChI is InChI=1S/C17H25N3O/c1-14(2)9-11-19(3)13-17(21)20-12-10-16(18-20)15-7-5-4-6-8-15/h4-8,14H,9-13H2,1-3H3. The molecular formula is C17H25N3O. The van der Waals surface area contributed by atoms with Crippen LogP contribution in [0.3, 0.4) is 0 Å². The Bertz CT molecular complexity index is 496. The zero-order chi connectivity index (χ0) is 15.2. The first-order valence-electron chi connectivity index (χ1n) is 7.68. The van der Waals surface area contributed by atoms with E-state index in [1.165, 1.54) is 0 Å². The molecule has 0 unspecified atom stereocenters. The molecule has 0 aliphatic carbocycles. The van der Waals surface area contributed by atoms with E-state index in [4.69, 9.17) is 0 Å². The molecule has 2 rings (SSSR count). The fourth-order valence-corrected chi connectivity index (χ4v) is 2.34. The maximum Gasteiger partial charge on any atom is 0.256 e. The van der Waals surface area contributed by atoms with Gasteiger partial charge in [0.25, 0.3) is 5.91 Å². The number of carbonyl (C=O) groups is 1. The molecule has 0 bridgehead atoms. The molecule has 1 heterocycles. The molecule has 0 fully saturated rings. The van der Waals surface area contributed by atoms with Crippen LogP contribution in [0.2, 0.25) is 0 Å². The highest BCUT2D eigenvalue weighted by molar-refractivity contribution is 6.02. The normalized spacial score (nSPS) is 14.9. The summed E-state index contributed by atoms with van der Waals surface area (Å²) < 4.78 is 0. The molecule has 1 aliphatic heterocycles. The average Bonchev–Trinajstić information content (AvgIpc) is 2.96. The van der Waals surface area contributed by atoms with Crippen molar-refractivity contribution in [3.63, 3.8) is 0 Å². The first kappa shape index (κ1) is 15.7. The van der Waals surface area contributed by atoms with Crippen LogP contribution in [0.1, 0.15) is 32.3 Å². The highest BCUT2D eigenvalue weighted by atomic mass is 16.2. The van der Waals surface area contributed by atoms with Crippen LogP contribution in [0.5, 0.6) is 0 Å². The predicted octanol–water partition coefficient (Wildman–Crippen LogP) is 2.60. The third-order valence-corrected chi connectivity index (χ3v) is 3.69. The summed E-state index contributed by atoms with van der Waals surface area (Å²) in [6.45, 7) is 6.49. The Labute approximate surface area is 127 Å². The van der Waals surface area contributed by atoms with Gasteiger partial charge in [0.2, 0.25) is 0 Å². The van der Waals surface area contributed by atoms with Crippen LogP contribution >= 0.6 is 0 Å². The number of hydrogen-bond acceptors (Lipinski definition) is 3. The molecule has 1 aromatic rings. The van der Waals surface area contributed by atoms with Crippen LogP contribution in [0.4, 0.5) is 0 Å². The number of benzene rings is 1. The lowest BCUT2D eigenvalue weighted by Gasteiger charge is -2.19. The lowest BCUT2D eigenvalue weighted by Crippen LogP contribution is -2.35. The van der Waals surface area contributed by atoms with Gasteiger partial charge in [0, 0.05) is 6.42 Å². The predicted molar refractivity (Wildman–Crippen MR) is 86.3 cm³/mol. The fraction of sp³-hybridized carbons (Fsp3) is 0.529. The minimum absolute atomic E-state index is 0.0900. The molecule has 114 valence electrons. The third-order valence-electron chi connectivity index (χ3n) is 3.69. The van der Waals surface area contributed by atoms with Crippen LogP contribution < -0.4 is 0 Å². The second kappa shape index (κ2) is 7.36. The Hall–Kier alpha value is -1.68. The average molecular weight is 287 g/mol. The van der Waals surface area contributed by atoms with Gasteiger partial charge in [0.15, 0.2) is 0 Å². The highest BCUT2D eigenvalue weighted by Crippen LogP contribution is 2.14. The van der Waals surface area contributed by atoms with Crippen molar-refractivity contribution in [1.82, 2.24) is 9.91 Å².